The van der Waals surface area contributed by atoms with Gasteiger partial charge < -0.3 is 29.3 Å². The first kappa shape index (κ1) is 23.8. The van der Waals surface area contributed by atoms with Crippen molar-refractivity contribution in [3.63, 3.8) is 0 Å². The van der Waals surface area contributed by atoms with Gasteiger partial charge in [-0.3, -0.25) is 4.79 Å². The van der Waals surface area contributed by atoms with Gasteiger partial charge in [-0.2, -0.15) is 4.52 Å². The van der Waals surface area contributed by atoms with Crippen molar-refractivity contribution < 1.29 is 23.9 Å². The number of benzene rings is 1. The molecular formula is C26H25N7O5. The summed E-state index contributed by atoms with van der Waals surface area (Å²) < 4.78 is 18.0. The van der Waals surface area contributed by atoms with Gasteiger partial charge in [0.05, 0.1) is 17.4 Å². The molecule has 194 valence electrons. The molecule has 0 radical (unpaired) electrons. The minimum Gasteiger partial charge on any atom is -0.443 e. The summed E-state index contributed by atoms with van der Waals surface area (Å²) in [4.78, 5) is 14.5. The van der Waals surface area contributed by atoms with Crippen LogP contribution in [0.15, 0.2) is 70.7 Å². The van der Waals surface area contributed by atoms with E-state index in [4.69, 9.17) is 14.0 Å². The van der Waals surface area contributed by atoms with Crippen LogP contribution < -0.4 is 10.1 Å². The lowest BCUT2D eigenvalue weighted by atomic mass is 10.1. The van der Waals surface area contributed by atoms with E-state index in [0.29, 0.717) is 66.0 Å². The average Bonchev–Trinajstić information content (AvgIpc) is 3.59. The number of likely N-dealkylation sites (tertiary alicyclic amines) is 1. The van der Waals surface area contributed by atoms with Crippen molar-refractivity contribution in [1.82, 2.24) is 35.2 Å². The van der Waals surface area contributed by atoms with Gasteiger partial charge in [-0.15, -0.1) is 15.3 Å². The Hall–Kier alpha value is -4.55. The molecule has 12 nitrogen and oxygen atoms in total. The Morgan fingerprint density at radius 2 is 2.03 bits per heavy atom. The molecule has 0 unspecified atom stereocenters. The van der Waals surface area contributed by atoms with Gasteiger partial charge in [0.15, 0.2) is 17.1 Å². The Bertz CT molecular complexity index is 1590. The number of nitrogens with one attached hydrogen (secondary N) is 1. The van der Waals surface area contributed by atoms with Crippen molar-refractivity contribution in [1.29, 1.82) is 0 Å². The lowest BCUT2D eigenvalue weighted by Crippen LogP contribution is -2.41. The van der Waals surface area contributed by atoms with E-state index in [-0.39, 0.29) is 18.6 Å². The molecule has 3 aromatic heterocycles. The van der Waals surface area contributed by atoms with Crippen molar-refractivity contribution in [2.75, 3.05) is 20.2 Å². The molecule has 1 aromatic carbocycles. The molecule has 0 aliphatic carbocycles. The fourth-order valence-corrected chi connectivity index (χ4v) is 4.44. The molecule has 0 spiro atoms. The van der Waals surface area contributed by atoms with E-state index in [1.165, 1.54) is 6.26 Å². The second kappa shape index (κ2) is 10.1. The third-order valence-corrected chi connectivity index (χ3v) is 6.44. The van der Waals surface area contributed by atoms with Gasteiger partial charge in [0.1, 0.15) is 12.9 Å². The smallest absolute Gasteiger partial charge is 0.255 e. The molecule has 0 saturated carbocycles. The van der Waals surface area contributed by atoms with E-state index >= 15 is 0 Å². The number of hydrogen-bond acceptors (Lipinski definition) is 10. The molecule has 1 fully saturated rings. The van der Waals surface area contributed by atoms with E-state index in [0.717, 1.165) is 10.8 Å². The van der Waals surface area contributed by atoms with Crippen LogP contribution in [-0.4, -0.2) is 67.2 Å². The second-order valence-corrected chi connectivity index (χ2v) is 9.01. The minimum absolute atomic E-state index is 0.0691. The van der Waals surface area contributed by atoms with Gasteiger partial charge in [0, 0.05) is 43.2 Å². The molecule has 6 rings (SSSR count). The van der Waals surface area contributed by atoms with E-state index in [2.05, 4.69) is 25.8 Å². The van der Waals surface area contributed by atoms with Gasteiger partial charge in [-0.25, -0.2) is 0 Å². The molecule has 5 heterocycles. The highest BCUT2D eigenvalue weighted by atomic mass is 16.5. The highest BCUT2D eigenvalue weighted by molar-refractivity contribution is 5.97. The monoisotopic (exact) mass is 515 g/mol. The van der Waals surface area contributed by atoms with Gasteiger partial charge in [-0.1, -0.05) is 23.4 Å². The summed E-state index contributed by atoms with van der Waals surface area (Å²) in [7, 11) is 1.58. The van der Waals surface area contributed by atoms with E-state index in [9.17, 15) is 9.90 Å². The molecule has 38 heavy (non-hydrogen) atoms. The fraction of sp³-hybridized carbons (Fsp3) is 0.269. The topological polar surface area (TPSA) is 140 Å². The summed E-state index contributed by atoms with van der Waals surface area (Å²) in [5.41, 5.74) is 2.21. The van der Waals surface area contributed by atoms with Crippen LogP contribution in [0.2, 0.25) is 0 Å². The SMILES string of the molecule is COCc1cc(-c2nnc3c4ccccc4c(OC=C4C=CC(C(=O)N5CCC(O)CC5)=CN4)nn23)no1. The number of amides is 1. The highest BCUT2D eigenvalue weighted by Crippen LogP contribution is 2.29. The van der Waals surface area contributed by atoms with E-state index < -0.39 is 0 Å². The van der Waals surface area contributed by atoms with E-state index in [1.807, 2.05) is 24.3 Å². The Labute approximate surface area is 216 Å². The van der Waals surface area contributed by atoms with Crippen LogP contribution in [0.25, 0.3) is 27.9 Å². The number of aliphatic hydroxyl groups is 1. The number of carbonyl (C=O) groups excluding carboxylic acids is 1. The number of hydrogen-bond donors (Lipinski definition) is 2. The Morgan fingerprint density at radius 3 is 2.79 bits per heavy atom. The fourth-order valence-electron chi connectivity index (χ4n) is 4.44. The van der Waals surface area contributed by atoms with Crippen LogP contribution in [-0.2, 0) is 16.1 Å². The molecule has 12 heteroatoms. The van der Waals surface area contributed by atoms with Crippen molar-refractivity contribution in [2.24, 2.45) is 0 Å². The van der Waals surface area contributed by atoms with Crippen LogP contribution in [0.1, 0.15) is 18.6 Å². The maximum Gasteiger partial charge on any atom is 0.255 e. The minimum atomic E-state index is -0.332. The van der Waals surface area contributed by atoms with Crippen LogP contribution in [0.4, 0.5) is 0 Å². The first-order valence-corrected chi connectivity index (χ1v) is 12.2. The normalized spacial score (nSPS) is 17.3. The summed E-state index contributed by atoms with van der Waals surface area (Å²) in [5, 5.41) is 31.7. The Balaban J connectivity index is 1.26. The summed E-state index contributed by atoms with van der Waals surface area (Å²) in [6, 6.07) is 9.35. The quantitative estimate of drug-likeness (QED) is 0.368. The number of aromatic nitrogens is 5. The summed E-state index contributed by atoms with van der Waals surface area (Å²) >= 11 is 0. The number of allylic oxidation sites excluding steroid dienone is 1. The molecule has 0 bridgehead atoms. The first-order chi connectivity index (χ1) is 18.6. The van der Waals surface area contributed by atoms with Crippen molar-refractivity contribution >= 4 is 22.3 Å². The summed E-state index contributed by atoms with van der Waals surface area (Å²) in [6.45, 7) is 1.38. The third kappa shape index (κ3) is 4.51. The number of rotatable bonds is 6. The van der Waals surface area contributed by atoms with Crippen LogP contribution in [0, 0.1) is 0 Å². The Morgan fingerprint density at radius 1 is 1.21 bits per heavy atom. The van der Waals surface area contributed by atoms with Gasteiger partial charge in [0.2, 0.25) is 11.7 Å². The number of carbonyl (C=O) groups is 1. The molecule has 1 amide bonds. The zero-order valence-corrected chi connectivity index (χ0v) is 20.6. The predicted octanol–water partition coefficient (Wildman–Crippen LogP) is 2.33. The van der Waals surface area contributed by atoms with Crippen molar-refractivity contribution in [3.05, 3.63) is 72.0 Å². The number of dihydropyridines is 1. The maximum atomic E-state index is 12.8. The molecule has 2 N–H and O–H groups in total. The van der Waals surface area contributed by atoms with Gasteiger partial charge in [-0.05, 0) is 31.1 Å². The average molecular weight is 516 g/mol. The molecule has 0 atom stereocenters. The molecule has 4 aromatic rings. The molecule has 2 aliphatic rings. The number of nitrogens with zero attached hydrogens (tertiary/aromatic N) is 6. The predicted molar refractivity (Wildman–Crippen MR) is 135 cm³/mol. The second-order valence-electron chi connectivity index (χ2n) is 9.01. The van der Waals surface area contributed by atoms with Gasteiger partial charge in [0.25, 0.3) is 5.91 Å². The number of methoxy groups -OCH3 is 1. The Kier molecular flexibility index (Phi) is 6.32. The summed E-state index contributed by atoms with van der Waals surface area (Å²) in [6.07, 6.45) is 7.55. The van der Waals surface area contributed by atoms with Crippen LogP contribution >= 0.6 is 0 Å². The lowest BCUT2D eigenvalue weighted by molar-refractivity contribution is -0.128. The number of fused-ring (bicyclic) bond motifs is 3. The number of piperidine rings is 1. The molecule has 2 aliphatic heterocycles. The first-order valence-electron chi connectivity index (χ1n) is 12.2. The third-order valence-electron chi connectivity index (χ3n) is 6.44. The van der Waals surface area contributed by atoms with Crippen molar-refractivity contribution in [3.8, 4) is 17.4 Å². The largest absolute Gasteiger partial charge is 0.443 e. The van der Waals surface area contributed by atoms with Crippen molar-refractivity contribution in [2.45, 2.75) is 25.6 Å². The standard InChI is InChI=1S/C26H25N7O5/c1-36-15-19-12-22(31-38-19)24-29-28-23-20-4-2-3-5-21(20)25(30-33(23)24)37-14-17-7-6-16(13-27-17)26(35)32-10-8-18(34)9-11-32/h2-7,12-14,18,27,34H,8-11,15H2,1H3. The molecule has 1 saturated heterocycles. The van der Waals surface area contributed by atoms with Crippen LogP contribution in [0.3, 0.4) is 0 Å². The zero-order chi connectivity index (χ0) is 26.1. The molecular weight excluding hydrogens is 490 g/mol. The van der Waals surface area contributed by atoms with Crippen LogP contribution in [0.5, 0.6) is 5.88 Å². The highest BCUT2D eigenvalue weighted by Gasteiger charge is 2.24. The van der Waals surface area contributed by atoms with Gasteiger partial charge >= 0.3 is 0 Å². The number of aliphatic hydroxyl groups excluding tert-OH is 1. The lowest BCUT2D eigenvalue weighted by Gasteiger charge is -2.30. The maximum absolute atomic E-state index is 12.8. The van der Waals surface area contributed by atoms with E-state index in [1.54, 1.807) is 40.9 Å². The zero-order valence-electron chi connectivity index (χ0n) is 20.6. The number of ether oxygens (including phenoxy) is 2. The summed E-state index contributed by atoms with van der Waals surface area (Å²) in [5.74, 6) is 1.23.